The van der Waals surface area contributed by atoms with Crippen LogP contribution < -0.4 is 0 Å². The standard InChI is InChI=1S/C28H36O6/c1-16-14-27(17(2)13-21-18(3)26(21,4)5)22(30)12-11-20(15-29)23(31)28(27,33)24(16)34-25(32)19-9-7-6-8-10-19/h6-11,14,17-18,21,23-24,29,31,33H,12-13,15H2,1-5H3/t17-,18+,21-,23-,24+,27+,28+/m1/s1. The summed E-state index contributed by atoms with van der Waals surface area (Å²) in [6, 6.07) is 8.43. The van der Waals surface area contributed by atoms with Gasteiger partial charge in [-0.1, -0.05) is 58.0 Å². The average molecular weight is 469 g/mol. The molecule has 0 unspecified atom stereocenters. The van der Waals surface area contributed by atoms with E-state index >= 15 is 0 Å². The van der Waals surface area contributed by atoms with Crippen molar-refractivity contribution in [2.75, 3.05) is 6.61 Å². The summed E-state index contributed by atoms with van der Waals surface area (Å²) in [4.78, 5) is 26.8. The molecule has 4 rings (SSSR count). The molecular weight excluding hydrogens is 432 g/mol. The second-order valence-electron chi connectivity index (χ2n) is 11.1. The number of aliphatic hydroxyl groups is 3. The summed E-state index contributed by atoms with van der Waals surface area (Å²) < 4.78 is 5.83. The number of aliphatic hydroxyl groups excluding tert-OH is 2. The van der Waals surface area contributed by atoms with E-state index in [4.69, 9.17) is 4.74 Å². The fraction of sp³-hybridized carbons (Fsp3) is 0.571. The van der Waals surface area contributed by atoms with Gasteiger partial charge in [-0.05, 0) is 59.8 Å². The SMILES string of the molecule is CC1=C[C@]2([C@H](C)C[C@@H]3[C@H](C)C3(C)C)C(=O)CC=C(CO)[C@@H](O)[C@]2(O)[C@H]1OC(=O)c1ccccc1. The minimum atomic E-state index is -2.13. The first-order valence-electron chi connectivity index (χ1n) is 12.1. The van der Waals surface area contributed by atoms with Gasteiger partial charge in [0.2, 0.25) is 0 Å². The van der Waals surface area contributed by atoms with Crippen LogP contribution in [0, 0.1) is 28.6 Å². The van der Waals surface area contributed by atoms with Gasteiger partial charge in [-0.2, -0.15) is 0 Å². The van der Waals surface area contributed by atoms with Gasteiger partial charge in [0.25, 0.3) is 0 Å². The molecule has 7 atom stereocenters. The molecule has 0 aliphatic heterocycles. The maximum Gasteiger partial charge on any atom is 0.338 e. The van der Waals surface area contributed by atoms with Crippen molar-refractivity contribution in [2.45, 2.75) is 65.3 Å². The summed E-state index contributed by atoms with van der Waals surface area (Å²) >= 11 is 0. The van der Waals surface area contributed by atoms with E-state index in [1.54, 1.807) is 43.3 Å². The predicted molar refractivity (Wildman–Crippen MR) is 128 cm³/mol. The first-order chi connectivity index (χ1) is 15.9. The Kier molecular flexibility index (Phi) is 6.16. The summed E-state index contributed by atoms with van der Waals surface area (Å²) in [5.41, 5.74) is -2.46. The van der Waals surface area contributed by atoms with Crippen molar-refractivity contribution in [3.05, 3.63) is 59.2 Å². The summed E-state index contributed by atoms with van der Waals surface area (Å²) in [6.45, 7) is 9.74. The van der Waals surface area contributed by atoms with Crippen molar-refractivity contribution >= 4 is 11.8 Å². The number of benzene rings is 1. The molecule has 0 spiro atoms. The van der Waals surface area contributed by atoms with E-state index in [0.717, 1.165) is 0 Å². The van der Waals surface area contributed by atoms with Gasteiger partial charge in [-0.25, -0.2) is 4.79 Å². The van der Waals surface area contributed by atoms with E-state index in [1.807, 2.05) is 6.92 Å². The van der Waals surface area contributed by atoms with Crippen molar-refractivity contribution in [3.63, 3.8) is 0 Å². The third kappa shape index (κ3) is 3.42. The Hall–Kier alpha value is -2.28. The van der Waals surface area contributed by atoms with Crippen molar-refractivity contribution in [2.24, 2.45) is 28.6 Å². The highest BCUT2D eigenvalue weighted by atomic mass is 16.6. The van der Waals surface area contributed by atoms with E-state index in [9.17, 15) is 24.9 Å². The molecule has 0 amide bonds. The van der Waals surface area contributed by atoms with E-state index in [-0.39, 0.29) is 29.1 Å². The number of carbonyl (C=O) groups is 2. The number of hydrogen-bond donors (Lipinski definition) is 3. The Bertz CT molecular complexity index is 1040. The van der Waals surface area contributed by atoms with Gasteiger partial charge in [0.05, 0.1) is 17.6 Å². The van der Waals surface area contributed by atoms with Gasteiger partial charge in [0.15, 0.2) is 11.7 Å². The molecule has 1 saturated carbocycles. The molecule has 3 N–H and O–H groups in total. The van der Waals surface area contributed by atoms with Crippen LogP contribution in [0.4, 0.5) is 0 Å². The fourth-order valence-corrected chi connectivity index (χ4v) is 6.56. The number of fused-ring (bicyclic) bond motifs is 1. The van der Waals surface area contributed by atoms with E-state index in [2.05, 4.69) is 20.8 Å². The maximum absolute atomic E-state index is 13.8. The molecule has 3 aliphatic carbocycles. The van der Waals surface area contributed by atoms with E-state index in [1.165, 1.54) is 6.08 Å². The Labute approximate surface area is 201 Å². The fourth-order valence-electron chi connectivity index (χ4n) is 6.56. The lowest BCUT2D eigenvalue weighted by atomic mass is 9.59. The molecule has 184 valence electrons. The van der Waals surface area contributed by atoms with Crippen LogP contribution >= 0.6 is 0 Å². The lowest BCUT2D eigenvalue weighted by Crippen LogP contribution is -2.65. The maximum atomic E-state index is 13.8. The monoisotopic (exact) mass is 468 g/mol. The Morgan fingerprint density at radius 1 is 1.24 bits per heavy atom. The predicted octanol–water partition coefficient (Wildman–Crippen LogP) is 3.46. The molecule has 34 heavy (non-hydrogen) atoms. The number of carbonyl (C=O) groups excluding carboxylic acids is 2. The first-order valence-corrected chi connectivity index (χ1v) is 12.1. The normalized spacial score (nSPS) is 37.2. The van der Waals surface area contributed by atoms with E-state index < -0.39 is 35.8 Å². The van der Waals surface area contributed by atoms with Crippen molar-refractivity contribution in [3.8, 4) is 0 Å². The number of esters is 1. The van der Waals surface area contributed by atoms with Crippen LogP contribution in [0.2, 0.25) is 0 Å². The Morgan fingerprint density at radius 2 is 1.85 bits per heavy atom. The second-order valence-corrected chi connectivity index (χ2v) is 11.1. The van der Waals surface area contributed by atoms with Crippen LogP contribution in [0.5, 0.6) is 0 Å². The Morgan fingerprint density at radius 3 is 2.41 bits per heavy atom. The zero-order valence-electron chi connectivity index (χ0n) is 20.6. The largest absolute Gasteiger partial charge is 0.451 e. The number of allylic oxidation sites excluding steroid dienone is 1. The lowest BCUT2D eigenvalue weighted by molar-refractivity contribution is -0.189. The van der Waals surface area contributed by atoms with Crippen LogP contribution in [-0.2, 0) is 9.53 Å². The van der Waals surface area contributed by atoms with Crippen molar-refractivity contribution < 1.29 is 29.6 Å². The molecule has 6 nitrogen and oxygen atoms in total. The number of ether oxygens (including phenoxy) is 1. The van der Waals surface area contributed by atoms with Crippen molar-refractivity contribution in [1.82, 2.24) is 0 Å². The minimum absolute atomic E-state index is 0.0215. The lowest BCUT2D eigenvalue weighted by Gasteiger charge is -2.48. The van der Waals surface area contributed by atoms with Gasteiger partial charge >= 0.3 is 5.97 Å². The summed E-state index contributed by atoms with van der Waals surface area (Å²) in [7, 11) is 0. The van der Waals surface area contributed by atoms with Gasteiger partial charge in [-0.3, -0.25) is 4.79 Å². The highest BCUT2D eigenvalue weighted by Gasteiger charge is 2.70. The topological polar surface area (TPSA) is 104 Å². The molecule has 0 aromatic heterocycles. The van der Waals surface area contributed by atoms with Crippen LogP contribution in [0.1, 0.15) is 57.8 Å². The summed E-state index contributed by atoms with van der Waals surface area (Å²) in [5.74, 6) is -0.358. The molecule has 0 saturated heterocycles. The van der Waals surface area contributed by atoms with Gasteiger partial charge in [-0.15, -0.1) is 0 Å². The molecule has 0 bridgehead atoms. The molecule has 3 aliphatic rings. The van der Waals surface area contributed by atoms with Gasteiger partial charge < -0.3 is 20.1 Å². The van der Waals surface area contributed by atoms with E-state index in [0.29, 0.717) is 29.4 Å². The molecule has 6 heteroatoms. The minimum Gasteiger partial charge on any atom is -0.451 e. The first kappa shape index (κ1) is 24.8. The molecule has 0 radical (unpaired) electrons. The number of hydrogen-bond acceptors (Lipinski definition) is 6. The highest BCUT2D eigenvalue weighted by Crippen LogP contribution is 2.64. The van der Waals surface area contributed by atoms with Gasteiger partial charge in [0, 0.05) is 6.42 Å². The number of ketones is 1. The zero-order valence-corrected chi connectivity index (χ0v) is 20.6. The molecular formula is C28H36O6. The summed E-state index contributed by atoms with van der Waals surface area (Å²) in [6.07, 6.45) is 1.08. The molecule has 1 aromatic carbocycles. The third-order valence-electron chi connectivity index (χ3n) is 9.14. The van der Waals surface area contributed by atoms with Crippen LogP contribution in [0.3, 0.4) is 0 Å². The number of Topliss-reactive ketones (excluding diaryl/α,β-unsaturated/α-hetero) is 1. The van der Waals surface area contributed by atoms with Crippen LogP contribution in [0.25, 0.3) is 0 Å². The van der Waals surface area contributed by atoms with Gasteiger partial charge in [0.1, 0.15) is 11.9 Å². The Balaban J connectivity index is 1.78. The van der Waals surface area contributed by atoms with Crippen LogP contribution in [0.15, 0.2) is 53.6 Å². The third-order valence-corrected chi connectivity index (χ3v) is 9.14. The smallest absolute Gasteiger partial charge is 0.338 e. The van der Waals surface area contributed by atoms with Crippen LogP contribution in [-0.4, -0.2) is 51.5 Å². The molecule has 1 aromatic rings. The quantitative estimate of drug-likeness (QED) is 0.436. The molecule has 1 fully saturated rings. The molecule has 0 heterocycles. The highest BCUT2D eigenvalue weighted by molar-refractivity contribution is 5.93. The average Bonchev–Trinajstić information content (AvgIpc) is 3.20. The summed E-state index contributed by atoms with van der Waals surface area (Å²) in [5, 5.41) is 33.7. The van der Waals surface area contributed by atoms with Crippen molar-refractivity contribution in [1.29, 1.82) is 0 Å². The zero-order chi connectivity index (χ0) is 25.1. The number of rotatable bonds is 6. The second kappa shape index (κ2) is 8.43.